The Balaban J connectivity index is 3.88. The molecule has 19 heavy (non-hydrogen) atoms. The van der Waals surface area contributed by atoms with Crippen LogP contribution in [-0.2, 0) is 14.3 Å². The number of Topliss-reactive ketones (excluding diaryl/α,β-unsaturated/α-hetero) is 1. The van der Waals surface area contributed by atoms with Crippen molar-refractivity contribution in [3.05, 3.63) is 0 Å². The number of aliphatic hydroxyl groups is 1. The molecule has 0 bridgehead atoms. The van der Waals surface area contributed by atoms with Crippen molar-refractivity contribution >= 4 is 5.78 Å². The third-order valence-electron chi connectivity index (χ3n) is 2.83. The van der Waals surface area contributed by atoms with Gasteiger partial charge in [0.1, 0.15) is 6.79 Å². The predicted molar refractivity (Wildman–Crippen MR) is 62.6 cm³/mol. The van der Waals surface area contributed by atoms with E-state index in [1.54, 1.807) is 0 Å². The van der Waals surface area contributed by atoms with Crippen LogP contribution < -0.4 is 0 Å². The number of hydrogen-bond acceptors (Lipinski definition) is 4. The first kappa shape index (κ1) is 18.3. The van der Waals surface area contributed by atoms with E-state index in [0.717, 1.165) is 6.92 Å². The molecule has 0 amide bonds. The van der Waals surface area contributed by atoms with Crippen molar-refractivity contribution < 1.29 is 32.5 Å². The molecule has 0 aliphatic carbocycles. The van der Waals surface area contributed by atoms with Gasteiger partial charge in [-0.05, 0) is 26.2 Å². The molecule has 0 aliphatic heterocycles. The van der Waals surface area contributed by atoms with Gasteiger partial charge in [0.25, 0.3) is 0 Å². The first-order valence-corrected chi connectivity index (χ1v) is 6.12. The summed E-state index contributed by atoms with van der Waals surface area (Å²) >= 11 is 0. The lowest BCUT2D eigenvalue weighted by Crippen LogP contribution is -2.50. The molecule has 1 unspecified atom stereocenters. The number of rotatable bonds is 10. The van der Waals surface area contributed by atoms with Gasteiger partial charge in [-0.2, -0.15) is 13.2 Å². The number of carbonyl (C=O) groups is 1. The number of ether oxygens (including phenoxy) is 2. The molecule has 0 aromatic rings. The van der Waals surface area contributed by atoms with Crippen LogP contribution in [0.15, 0.2) is 0 Å². The van der Waals surface area contributed by atoms with E-state index in [2.05, 4.69) is 4.74 Å². The largest absolute Gasteiger partial charge is 0.424 e. The SMILES string of the molecule is COCOCCCCCCC(O)(C(C)=O)C(F)(F)F. The van der Waals surface area contributed by atoms with Crippen LogP contribution in [0.2, 0.25) is 0 Å². The van der Waals surface area contributed by atoms with E-state index >= 15 is 0 Å². The molecule has 0 fully saturated rings. The second kappa shape index (κ2) is 8.50. The van der Waals surface area contributed by atoms with Crippen molar-refractivity contribution in [2.24, 2.45) is 0 Å². The van der Waals surface area contributed by atoms with Gasteiger partial charge in [0.05, 0.1) is 0 Å². The molecule has 1 atom stereocenters. The summed E-state index contributed by atoms with van der Waals surface area (Å²) < 4.78 is 47.4. The van der Waals surface area contributed by atoms with Crippen molar-refractivity contribution in [1.29, 1.82) is 0 Å². The highest BCUT2D eigenvalue weighted by molar-refractivity contribution is 5.85. The van der Waals surface area contributed by atoms with Gasteiger partial charge < -0.3 is 14.6 Å². The molecule has 7 heteroatoms. The van der Waals surface area contributed by atoms with Gasteiger partial charge >= 0.3 is 6.18 Å². The summed E-state index contributed by atoms with van der Waals surface area (Å²) in [7, 11) is 1.50. The number of alkyl halides is 3. The minimum atomic E-state index is -4.92. The molecule has 1 N–H and O–H groups in total. The van der Waals surface area contributed by atoms with Crippen molar-refractivity contribution in [3.63, 3.8) is 0 Å². The highest BCUT2D eigenvalue weighted by Gasteiger charge is 2.56. The lowest BCUT2D eigenvalue weighted by atomic mass is 9.91. The lowest BCUT2D eigenvalue weighted by Gasteiger charge is -2.27. The van der Waals surface area contributed by atoms with Crippen molar-refractivity contribution in [2.75, 3.05) is 20.5 Å². The zero-order chi connectivity index (χ0) is 14.9. The third kappa shape index (κ3) is 6.35. The highest BCUT2D eigenvalue weighted by Crippen LogP contribution is 2.35. The molecule has 0 aliphatic rings. The summed E-state index contributed by atoms with van der Waals surface area (Å²) in [5.74, 6) is -1.26. The van der Waals surface area contributed by atoms with E-state index in [9.17, 15) is 23.1 Å². The normalized spacial score (nSPS) is 15.3. The van der Waals surface area contributed by atoms with Gasteiger partial charge in [0.2, 0.25) is 5.60 Å². The summed E-state index contributed by atoms with van der Waals surface area (Å²) in [4.78, 5) is 10.9. The Hall–Kier alpha value is -0.660. The maximum atomic E-state index is 12.6. The van der Waals surface area contributed by atoms with Gasteiger partial charge in [0.15, 0.2) is 5.78 Å². The Kier molecular flexibility index (Phi) is 8.20. The number of halogens is 3. The molecule has 0 spiro atoms. The Labute approximate surface area is 110 Å². The third-order valence-corrected chi connectivity index (χ3v) is 2.83. The van der Waals surface area contributed by atoms with E-state index in [0.29, 0.717) is 25.9 Å². The van der Waals surface area contributed by atoms with Gasteiger partial charge in [-0.1, -0.05) is 12.8 Å². The quantitative estimate of drug-likeness (QED) is 0.495. The second-order valence-electron chi connectivity index (χ2n) is 4.39. The predicted octanol–water partition coefficient (Wildman–Crippen LogP) is 2.44. The monoisotopic (exact) mass is 286 g/mol. The van der Waals surface area contributed by atoms with Crippen molar-refractivity contribution in [1.82, 2.24) is 0 Å². The van der Waals surface area contributed by atoms with E-state index < -0.39 is 24.0 Å². The molecular formula is C12H21F3O4. The number of unbranched alkanes of at least 4 members (excludes halogenated alkanes) is 3. The molecule has 0 saturated carbocycles. The van der Waals surface area contributed by atoms with E-state index in [1.807, 2.05) is 0 Å². The van der Waals surface area contributed by atoms with Crippen LogP contribution in [0.4, 0.5) is 13.2 Å². The van der Waals surface area contributed by atoms with Gasteiger partial charge in [-0.3, -0.25) is 4.79 Å². The van der Waals surface area contributed by atoms with Crippen LogP contribution in [0.3, 0.4) is 0 Å². The van der Waals surface area contributed by atoms with E-state index in [4.69, 9.17) is 4.74 Å². The maximum absolute atomic E-state index is 12.6. The average molecular weight is 286 g/mol. The molecule has 114 valence electrons. The fourth-order valence-corrected chi connectivity index (χ4v) is 1.60. The summed E-state index contributed by atoms with van der Waals surface area (Å²) in [6.45, 7) is 1.42. The molecule has 0 heterocycles. The molecule has 0 rings (SSSR count). The zero-order valence-electron chi connectivity index (χ0n) is 11.3. The second-order valence-corrected chi connectivity index (χ2v) is 4.39. The van der Waals surface area contributed by atoms with Gasteiger partial charge in [-0.15, -0.1) is 0 Å². The molecule has 0 radical (unpaired) electrons. The minimum Gasteiger partial charge on any atom is -0.374 e. The van der Waals surface area contributed by atoms with Crippen molar-refractivity contribution in [3.8, 4) is 0 Å². The lowest BCUT2D eigenvalue weighted by molar-refractivity contribution is -0.251. The fraction of sp³-hybridized carbons (Fsp3) is 0.917. The Morgan fingerprint density at radius 3 is 2.21 bits per heavy atom. The minimum absolute atomic E-state index is 0.139. The Morgan fingerprint density at radius 2 is 1.74 bits per heavy atom. The summed E-state index contributed by atoms with van der Waals surface area (Å²) in [5, 5.41) is 9.38. The number of carbonyl (C=O) groups excluding carboxylic acids is 1. The Bertz CT molecular complexity index is 268. The smallest absolute Gasteiger partial charge is 0.374 e. The van der Waals surface area contributed by atoms with Crippen LogP contribution in [0, 0.1) is 0 Å². The molecule has 0 aromatic carbocycles. The summed E-state index contributed by atoms with van der Waals surface area (Å²) in [6.07, 6.45) is -3.49. The molecule has 0 aromatic heterocycles. The van der Waals surface area contributed by atoms with Gasteiger partial charge in [0, 0.05) is 13.7 Å². The Morgan fingerprint density at radius 1 is 1.16 bits per heavy atom. The number of methoxy groups -OCH3 is 1. The molecular weight excluding hydrogens is 265 g/mol. The highest BCUT2D eigenvalue weighted by atomic mass is 19.4. The fourth-order valence-electron chi connectivity index (χ4n) is 1.60. The topological polar surface area (TPSA) is 55.8 Å². The maximum Gasteiger partial charge on any atom is 0.424 e. The van der Waals surface area contributed by atoms with Crippen molar-refractivity contribution in [2.45, 2.75) is 50.8 Å². The van der Waals surface area contributed by atoms with Gasteiger partial charge in [-0.25, -0.2) is 0 Å². The van der Waals surface area contributed by atoms with Crippen LogP contribution >= 0.6 is 0 Å². The van der Waals surface area contributed by atoms with Crippen LogP contribution in [0.1, 0.15) is 39.0 Å². The molecule has 4 nitrogen and oxygen atoms in total. The van der Waals surface area contributed by atoms with Crippen LogP contribution in [0.25, 0.3) is 0 Å². The first-order valence-electron chi connectivity index (χ1n) is 6.12. The van der Waals surface area contributed by atoms with E-state index in [1.165, 1.54) is 7.11 Å². The average Bonchev–Trinajstić information content (AvgIpc) is 2.30. The zero-order valence-corrected chi connectivity index (χ0v) is 11.3. The summed E-state index contributed by atoms with van der Waals surface area (Å²) in [6, 6.07) is 0. The first-order chi connectivity index (χ1) is 8.75. The molecule has 0 saturated heterocycles. The van der Waals surface area contributed by atoms with Crippen LogP contribution in [0.5, 0.6) is 0 Å². The van der Waals surface area contributed by atoms with E-state index in [-0.39, 0.29) is 13.2 Å². The number of ketones is 1. The standard InChI is InChI=1S/C12H21F3O4/c1-10(16)11(17,12(13,14)15)7-5-3-4-6-8-19-9-18-2/h17H,3-9H2,1-2H3. The number of hydrogen-bond donors (Lipinski definition) is 1. The summed E-state index contributed by atoms with van der Waals surface area (Å²) in [5.41, 5.74) is -3.21. The van der Waals surface area contributed by atoms with Crippen LogP contribution in [-0.4, -0.2) is 43.2 Å².